The first-order valence-corrected chi connectivity index (χ1v) is 12.2. The van der Waals surface area contributed by atoms with Crippen molar-refractivity contribution in [1.29, 1.82) is 0 Å². The van der Waals surface area contributed by atoms with Crippen molar-refractivity contribution in [1.82, 2.24) is 9.80 Å². The molecule has 0 saturated carbocycles. The minimum absolute atomic E-state index is 0.162. The molecule has 3 atom stereocenters. The van der Waals surface area contributed by atoms with Gasteiger partial charge in [0, 0.05) is 24.8 Å². The summed E-state index contributed by atoms with van der Waals surface area (Å²) in [4.78, 5) is 19.9. The van der Waals surface area contributed by atoms with Crippen molar-refractivity contribution in [2.24, 2.45) is 0 Å². The van der Waals surface area contributed by atoms with Crippen molar-refractivity contribution in [2.45, 2.75) is 37.5 Å². The van der Waals surface area contributed by atoms with Gasteiger partial charge in [-0.3, -0.25) is 9.69 Å². The standard InChI is InChI=1S/C28H30FN3O2/c1-30(26-16-20-6-2-4-19-5-3-7-24(26)27(19)20)14-13-25-28(33)31(15-12-23-17-34-23)18-32(25)22-10-8-21(29)9-11-22/h2-11,23,25-26H,12-18H2,1H3/t23-,25?,26-/m1/s1. The maximum absolute atomic E-state index is 13.6. The van der Waals surface area contributed by atoms with E-state index in [1.165, 1.54) is 34.0 Å². The molecule has 3 aliphatic rings. The van der Waals surface area contributed by atoms with Gasteiger partial charge >= 0.3 is 0 Å². The molecule has 0 N–H and O–H groups in total. The topological polar surface area (TPSA) is 39.3 Å². The van der Waals surface area contributed by atoms with Crippen LogP contribution in [0.5, 0.6) is 0 Å². The van der Waals surface area contributed by atoms with E-state index < -0.39 is 0 Å². The lowest BCUT2D eigenvalue weighted by Crippen LogP contribution is -2.37. The van der Waals surface area contributed by atoms with Gasteiger partial charge in [-0.25, -0.2) is 4.39 Å². The Morgan fingerprint density at radius 3 is 2.59 bits per heavy atom. The molecule has 3 aromatic carbocycles. The lowest BCUT2D eigenvalue weighted by atomic mass is 10.0. The minimum atomic E-state index is -0.261. The maximum atomic E-state index is 13.6. The smallest absolute Gasteiger partial charge is 0.246 e. The number of hydrogen-bond donors (Lipinski definition) is 0. The van der Waals surface area contributed by atoms with Crippen molar-refractivity contribution in [3.05, 3.63) is 77.6 Å². The van der Waals surface area contributed by atoms with Crippen LogP contribution in [0, 0.1) is 5.82 Å². The Morgan fingerprint density at radius 2 is 1.82 bits per heavy atom. The third kappa shape index (κ3) is 3.95. The molecule has 2 heterocycles. The fourth-order valence-electron chi connectivity index (χ4n) is 5.68. The predicted molar refractivity (Wildman–Crippen MR) is 131 cm³/mol. The van der Waals surface area contributed by atoms with Gasteiger partial charge in [0.1, 0.15) is 11.9 Å². The van der Waals surface area contributed by atoms with E-state index in [0.717, 1.165) is 38.1 Å². The third-order valence-electron chi connectivity index (χ3n) is 7.66. The van der Waals surface area contributed by atoms with Crippen LogP contribution in [0.25, 0.3) is 10.8 Å². The van der Waals surface area contributed by atoms with Crippen molar-refractivity contribution < 1.29 is 13.9 Å². The van der Waals surface area contributed by atoms with Gasteiger partial charge in [-0.05, 0) is 72.5 Å². The second-order valence-electron chi connectivity index (χ2n) is 9.80. The zero-order valence-electron chi connectivity index (χ0n) is 19.5. The number of benzene rings is 3. The van der Waals surface area contributed by atoms with Crippen LogP contribution in [0.15, 0.2) is 60.7 Å². The van der Waals surface area contributed by atoms with Gasteiger partial charge in [-0.1, -0.05) is 36.4 Å². The van der Waals surface area contributed by atoms with Gasteiger partial charge < -0.3 is 14.5 Å². The van der Waals surface area contributed by atoms with Gasteiger partial charge in [-0.15, -0.1) is 0 Å². The first kappa shape index (κ1) is 21.6. The quantitative estimate of drug-likeness (QED) is 0.469. The molecule has 1 aliphatic carbocycles. The van der Waals surface area contributed by atoms with Gasteiger partial charge in [0.25, 0.3) is 0 Å². The number of likely N-dealkylation sites (N-methyl/N-ethyl adjacent to an activating group) is 1. The number of ether oxygens (including phenoxy) is 1. The molecule has 2 saturated heterocycles. The monoisotopic (exact) mass is 459 g/mol. The molecule has 6 rings (SSSR count). The molecule has 2 aliphatic heterocycles. The van der Waals surface area contributed by atoms with Crippen molar-refractivity contribution in [2.75, 3.05) is 38.3 Å². The highest BCUT2D eigenvalue weighted by Crippen LogP contribution is 2.40. The molecule has 176 valence electrons. The summed E-state index contributed by atoms with van der Waals surface area (Å²) in [6.07, 6.45) is 2.90. The lowest BCUT2D eigenvalue weighted by Gasteiger charge is -2.29. The Kier molecular flexibility index (Phi) is 5.50. The summed E-state index contributed by atoms with van der Waals surface area (Å²) >= 11 is 0. The second kappa shape index (κ2) is 8.67. The average molecular weight is 460 g/mol. The van der Waals surface area contributed by atoms with Gasteiger partial charge in [0.15, 0.2) is 0 Å². The van der Waals surface area contributed by atoms with Crippen molar-refractivity contribution >= 4 is 22.4 Å². The van der Waals surface area contributed by atoms with Gasteiger partial charge in [-0.2, -0.15) is 0 Å². The number of halogens is 1. The number of hydrogen-bond acceptors (Lipinski definition) is 4. The third-order valence-corrected chi connectivity index (χ3v) is 7.66. The number of nitrogens with zero attached hydrogens (tertiary/aromatic N) is 3. The van der Waals surface area contributed by atoms with Gasteiger partial charge in [0.05, 0.1) is 19.4 Å². The summed E-state index contributed by atoms with van der Waals surface area (Å²) in [7, 11) is 2.17. The molecule has 34 heavy (non-hydrogen) atoms. The van der Waals surface area contributed by atoms with E-state index in [0.29, 0.717) is 25.4 Å². The number of carbonyl (C=O) groups excluding carboxylic acids is 1. The van der Waals surface area contributed by atoms with Crippen LogP contribution < -0.4 is 4.90 Å². The molecule has 1 amide bonds. The van der Waals surface area contributed by atoms with E-state index in [2.05, 4.69) is 53.2 Å². The average Bonchev–Trinajstić information content (AvgIpc) is 3.53. The Bertz CT molecular complexity index is 1200. The molecule has 5 nitrogen and oxygen atoms in total. The van der Waals surface area contributed by atoms with Crippen molar-refractivity contribution in [3.63, 3.8) is 0 Å². The molecule has 0 aromatic heterocycles. The van der Waals surface area contributed by atoms with Gasteiger partial charge in [0.2, 0.25) is 5.91 Å². The van der Waals surface area contributed by atoms with Crippen LogP contribution in [0.1, 0.15) is 30.0 Å². The normalized spacial score (nSPS) is 23.5. The summed E-state index contributed by atoms with van der Waals surface area (Å²) < 4.78 is 18.9. The minimum Gasteiger partial charge on any atom is -0.373 e. The second-order valence-corrected chi connectivity index (χ2v) is 9.80. The van der Waals surface area contributed by atoms with E-state index in [9.17, 15) is 9.18 Å². The Hall–Kier alpha value is -2.96. The zero-order valence-corrected chi connectivity index (χ0v) is 19.5. The van der Waals surface area contributed by atoms with Crippen LogP contribution >= 0.6 is 0 Å². The van der Waals surface area contributed by atoms with Crippen LogP contribution in [0.3, 0.4) is 0 Å². The summed E-state index contributed by atoms with van der Waals surface area (Å²) in [5.74, 6) is -0.0987. The van der Waals surface area contributed by atoms with Crippen LogP contribution in [-0.2, 0) is 16.0 Å². The maximum Gasteiger partial charge on any atom is 0.246 e. The van der Waals surface area contributed by atoms with Crippen LogP contribution in [0.2, 0.25) is 0 Å². The molecule has 0 radical (unpaired) electrons. The molecule has 3 aromatic rings. The predicted octanol–water partition coefficient (Wildman–Crippen LogP) is 4.36. The summed E-state index contributed by atoms with van der Waals surface area (Å²) in [5.41, 5.74) is 3.68. The summed E-state index contributed by atoms with van der Waals surface area (Å²) in [6.45, 7) is 2.85. The highest BCUT2D eigenvalue weighted by atomic mass is 19.1. The van der Waals surface area contributed by atoms with E-state index in [1.54, 1.807) is 12.1 Å². The number of anilines is 1. The molecular formula is C28H30FN3O2. The summed E-state index contributed by atoms with van der Waals surface area (Å²) in [5, 5.41) is 2.69. The lowest BCUT2D eigenvalue weighted by molar-refractivity contribution is -0.129. The fraction of sp³-hybridized carbons (Fsp3) is 0.393. The Morgan fingerprint density at radius 1 is 1.06 bits per heavy atom. The SMILES string of the molecule is CN(CCC1C(=O)N(CC[C@@H]2CO2)CN1c1ccc(F)cc1)[C@@H]1Cc2cccc3cccc1c23. The molecule has 0 spiro atoms. The fourth-order valence-corrected chi connectivity index (χ4v) is 5.68. The molecule has 1 unspecified atom stereocenters. The molecule has 0 bridgehead atoms. The highest BCUT2D eigenvalue weighted by molar-refractivity contribution is 5.91. The van der Waals surface area contributed by atoms with Crippen LogP contribution in [-0.4, -0.2) is 61.3 Å². The van der Waals surface area contributed by atoms with E-state index in [4.69, 9.17) is 4.74 Å². The molecule has 6 heteroatoms. The Labute approximate surface area is 199 Å². The van der Waals surface area contributed by atoms with E-state index in [1.807, 2.05) is 4.90 Å². The largest absolute Gasteiger partial charge is 0.373 e. The molecule has 2 fully saturated rings. The first-order chi connectivity index (χ1) is 16.6. The van der Waals surface area contributed by atoms with Crippen molar-refractivity contribution in [3.8, 4) is 0 Å². The number of amides is 1. The number of epoxide rings is 1. The zero-order chi connectivity index (χ0) is 23.2. The van der Waals surface area contributed by atoms with E-state index in [-0.39, 0.29) is 17.8 Å². The van der Waals surface area contributed by atoms with Crippen LogP contribution in [0.4, 0.5) is 10.1 Å². The molecular weight excluding hydrogens is 429 g/mol. The number of rotatable bonds is 8. The first-order valence-electron chi connectivity index (χ1n) is 12.2. The van der Waals surface area contributed by atoms with E-state index >= 15 is 0 Å². The summed E-state index contributed by atoms with van der Waals surface area (Å²) in [6, 6.07) is 19.7. The number of carbonyl (C=O) groups is 1. The highest BCUT2D eigenvalue weighted by Gasteiger charge is 2.39. The Balaban J connectivity index is 1.19.